The second-order valence-electron chi connectivity index (χ2n) is 5.24. The molecule has 2 N–H and O–H groups in total. The molecule has 1 heterocycles. The molecule has 0 amide bonds. The first-order chi connectivity index (χ1) is 8.81. The largest absolute Gasteiger partial charge is 0.472 e. The van der Waals surface area contributed by atoms with Gasteiger partial charge in [0.15, 0.2) is 0 Å². The third kappa shape index (κ3) is 4.35. The van der Waals surface area contributed by atoms with Gasteiger partial charge in [-0.2, -0.15) is 4.98 Å². The van der Waals surface area contributed by atoms with Crippen molar-refractivity contribution < 1.29 is 9.66 Å². The first kappa shape index (κ1) is 15.1. The lowest BCUT2D eigenvalue weighted by Gasteiger charge is -2.11. The van der Waals surface area contributed by atoms with Crippen LogP contribution in [0.25, 0.3) is 0 Å². The van der Waals surface area contributed by atoms with Gasteiger partial charge in [-0.1, -0.05) is 27.7 Å². The summed E-state index contributed by atoms with van der Waals surface area (Å²) in [5, 5.41) is 11.0. The Morgan fingerprint density at radius 1 is 1.26 bits per heavy atom. The standard InChI is InChI=1S/C12H20N4O3/c1-7(2)5-9-14-11(13)10(16(17)18)12(15-9)19-6-8(3)4/h7-8H,5-6H2,1-4H3,(H2,13,14,15). The molecule has 0 aliphatic heterocycles. The highest BCUT2D eigenvalue weighted by Gasteiger charge is 2.25. The lowest BCUT2D eigenvalue weighted by molar-refractivity contribution is -0.385. The van der Waals surface area contributed by atoms with Crippen molar-refractivity contribution in [1.29, 1.82) is 0 Å². The van der Waals surface area contributed by atoms with Gasteiger partial charge < -0.3 is 10.5 Å². The zero-order chi connectivity index (χ0) is 14.6. The van der Waals surface area contributed by atoms with Crippen LogP contribution in [0, 0.1) is 22.0 Å². The number of hydrogen-bond acceptors (Lipinski definition) is 6. The van der Waals surface area contributed by atoms with Crippen LogP contribution < -0.4 is 10.5 Å². The van der Waals surface area contributed by atoms with Gasteiger partial charge in [0.25, 0.3) is 5.88 Å². The highest BCUT2D eigenvalue weighted by Crippen LogP contribution is 2.30. The maximum absolute atomic E-state index is 11.0. The van der Waals surface area contributed by atoms with E-state index in [1.165, 1.54) is 0 Å². The summed E-state index contributed by atoms with van der Waals surface area (Å²) in [4.78, 5) is 18.5. The summed E-state index contributed by atoms with van der Waals surface area (Å²) in [6, 6.07) is 0. The molecule has 1 aromatic heterocycles. The van der Waals surface area contributed by atoms with E-state index >= 15 is 0 Å². The monoisotopic (exact) mass is 268 g/mol. The molecule has 0 aliphatic carbocycles. The molecule has 0 saturated heterocycles. The first-order valence-electron chi connectivity index (χ1n) is 6.24. The van der Waals surface area contributed by atoms with Crippen molar-refractivity contribution in [2.45, 2.75) is 34.1 Å². The third-order valence-corrected chi connectivity index (χ3v) is 2.25. The van der Waals surface area contributed by atoms with Gasteiger partial charge in [-0.3, -0.25) is 10.1 Å². The molecule has 0 unspecified atom stereocenters. The van der Waals surface area contributed by atoms with Gasteiger partial charge in [0, 0.05) is 6.42 Å². The van der Waals surface area contributed by atoms with Crippen LogP contribution in [0.3, 0.4) is 0 Å². The minimum absolute atomic E-state index is 0.0400. The van der Waals surface area contributed by atoms with Gasteiger partial charge in [-0.25, -0.2) is 4.98 Å². The Hall–Kier alpha value is -1.92. The van der Waals surface area contributed by atoms with Crippen LogP contribution in [-0.4, -0.2) is 21.5 Å². The molecule has 0 bridgehead atoms. The second kappa shape index (κ2) is 6.31. The van der Waals surface area contributed by atoms with Crippen LogP contribution in [0.15, 0.2) is 0 Å². The summed E-state index contributed by atoms with van der Waals surface area (Å²) in [5.74, 6) is 0.858. The molecule has 7 nitrogen and oxygen atoms in total. The molecule has 0 saturated carbocycles. The predicted octanol–water partition coefficient (Wildman–Crippen LogP) is 2.20. The topological polar surface area (TPSA) is 104 Å². The quantitative estimate of drug-likeness (QED) is 0.626. The number of rotatable bonds is 6. The zero-order valence-corrected chi connectivity index (χ0v) is 11.7. The summed E-state index contributed by atoms with van der Waals surface area (Å²) in [5.41, 5.74) is 5.28. The predicted molar refractivity (Wildman–Crippen MR) is 72.0 cm³/mol. The average Bonchev–Trinajstić information content (AvgIpc) is 2.23. The Kier molecular flexibility index (Phi) is 5.02. The summed E-state index contributed by atoms with van der Waals surface area (Å²) in [6.45, 7) is 8.26. The van der Waals surface area contributed by atoms with Crippen molar-refractivity contribution in [3.05, 3.63) is 15.9 Å². The summed E-state index contributed by atoms with van der Waals surface area (Å²) < 4.78 is 5.39. The fourth-order valence-electron chi connectivity index (χ4n) is 1.47. The number of hydrogen-bond donors (Lipinski definition) is 1. The fraction of sp³-hybridized carbons (Fsp3) is 0.667. The third-order valence-electron chi connectivity index (χ3n) is 2.25. The molecule has 7 heteroatoms. The molecule has 0 atom stereocenters. The SMILES string of the molecule is CC(C)COc1nc(CC(C)C)nc(N)c1[N+](=O)[O-]. The van der Waals surface area contributed by atoms with E-state index in [1.807, 2.05) is 27.7 Å². The Morgan fingerprint density at radius 3 is 2.37 bits per heavy atom. The lowest BCUT2D eigenvalue weighted by atomic mass is 10.1. The van der Waals surface area contributed by atoms with Gasteiger partial charge in [-0.05, 0) is 11.8 Å². The van der Waals surface area contributed by atoms with E-state index in [0.717, 1.165) is 0 Å². The van der Waals surface area contributed by atoms with Crippen molar-refractivity contribution in [2.75, 3.05) is 12.3 Å². The van der Waals surface area contributed by atoms with Crippen LogP contribution in [0.4, 0.5) is 11.5 Å². The van der Waals surface area contributed by atoms with Gasteiger partial charge in [0.2, 0.25) is 5.82 Å². The molecule has 0 radical (unpaired) electrons. The summed E-state index contributed by atoms with van der Waals surface area (Å²) >= 11 is 0. The first-order valence-corrected chi connectivity index (χ1v) is 6.24. The van der Waals surface area contributed by atoms with Crippen LogP contribution in [0.1, 0.15) is 33.5 Å². The van der Waals surface area contributed by atoms with Crippen molar-refractivity contribution in [3.8, 4) is 5.88 Å². The Bertz CT molecular complexity index is 461. The molecule has 0 aliphatic rings. The highest BCUT2D eigenvalue weighted by molar-refractivity contribution is 5.58. The molecule has 19 heavy (non-hydrogen) atoms. The van der Waals surface area contributed by atoms with Crippen LogP contribution in [-0.2, 0) is 6.42 Å². The van der Waals surface area contributed by atoms with Gasteiger partial charge in [0.05, 0.1) is 11.5 Å². The molecule has 0 fully saturated rings. The number of nitrogens with zero attached hydrogens (tertiary/aromatic N) is 3. The van der Waals surface area contributed by atoms with E-state index < -0.39 is 4.92 Å². The van der Waals surface area contributed by atoms with E-state index in [0.29, 0.717) is 24.8 Å². The maximum Gasteiger partial charge on any atom is 0.372 e. The van der Waals surface area contributed by atoms with E-state index in [1.54, 1.807) is 0 Å². The minimum Gasteiger partial charge on any atom is -0.472 e. The number of anilines is 1. The van der Waals surface area contributed by atoms with E-state index in [9.17, 15) is 10.1 Å². The molecular weight excluding hydrogens is 248 g/mol. The Balaban J connectivity index is 3.13. The Labute approximate surface area is 112 Å². The smallest absolute Gasteiger partial charge is 0.372 e. The number of aromatic nitrogens is 2. The van der Waals surface area contributed by atoms with Crippen molar-refractivity contribution in [1.82, 2.24) is 9.97 Å². The normalized spacial score (nSPS) is 11.1. The van der Waals surface area contributed by atoms with Crippen molar-refractivity contribution in [3.63, 3.8) is 0 Å². The van der Waals surface area contributed by atoms with E-state index in [2.05, 4.69) is 9.97 Å². The molecule has 1 rings (SSSR count). The van der Waals surface area contributed by atoms with Crippen molar-refractivity contribution in [2.24, 2.45) is 11.8 Å². The number of ether oxygens (including phenoxy) is 1. The van der Waals surface area contributed by atoms with Crippen LogP contribution >= 0.6 is 0 Å². The number of nitro groups is 1. The molecule has 0 spiro atoms. The summed E-state index contributed by atoms with van der Waals surface area (Å²) in [6.07, 6.45) is 0.597. The average molecular weight is 268 g/mol. The molecular formula is C12H20N4O3. The second-order valence-corrected chi connectivity index (χ2v) is 5.24. The maximum atomic E-state index is 11.0. The number of nitrogens with two attached hydrogens (primary N) is 1. The van der Waals surface area contributed by atoms with Crippen LogP contribution in [0.2, 0.25) is 0 Å². The van der Waals surface area contributed by atoms with E-state index in [-0.39, 0.29) is 23.3 Å². The molecule has 0 aromatic carbocycles. The Morgan fingerprint density at radius 2 is 1.89 bits per heavy atom. The fourth-order valence-corrected chi connectivity index (χ4v) is 1.47. The number of nitrogen functional groups attached to an aromatic ring is 1. The summed E-state index contributed by atoms with van der Waals surface area (Å²) in [7, 11) is 0. The molecule has 1 aromatic rings. The highest BCUT2D eigenvalue weighted by atomic mass is 16.6. The van der Waals surface area contributed by atoms with Gasteiger partial charge in [0.1, 0.15) is 5.82 Å². The lowest BCUT2D eigenvalue weighted by Crippen LogP contribution is -2.12. The zero-order valence-electron chi connectivity index (χ0n) is 11.7. The van der Waals surface area contributed by atoms with Gasteiger partial charge in [-0.15, -0.1) is 0 Å². The molecule has 106 valence electrons. The van der Waals surface area contributed by atoms with Crippen molar-refractivity contribution >= 4 is 11.5 Å². The van der Waals surface area contributed by atoms with Crippen LogP contribution in [0.5, 0.6) is 5.88 Å². The minimum atomic E-state index is -0.607. The van der Waals surface area contributed by atoms with Gasteiger partial charge >= 0.3 is 5.69 Å². The van der Waals surface area contributed by atoms with E-state index in [4.69, 9.17) is 10.5 Å².